The SMILES string of the molecule is CCOc1cccc2c1[nH]c(=S)n2CCCCCSC. The summed E-state index contributed by atoms with van der Waals surface area (Å²) >= 11 is 7.36. The van der Waals surface area contributed by atoms with Gasteiger partial charge in [0.2, 0.25) is 0 Å². The van der Waals surface area contributed by atoms with Gasteiger partial charge in [0.05, 0.1) is 12.1 Å². The predicted molar refractivity (Wildman–Crippen MR) is 90.5 cm³/mol. The molecular formula is C15H22N2OS2. The molecule has 2 rings (SSSR count). The van der Waals surface area contributed by atoms with Gasteiger partial charge in [-0.25, -0.2) is 0 Å². The van der Waals surface area contributed by atoms with E-state index in [9.17, 15) is 0 Å². The van der Waals surface area contributed by atoms with Gasteiger partial charge in [0.1, 0.15) is 11.3 Å². The Labute approximate surface area is 129 Å². The number of imidazole rings is 1. The van der Waals surface area contributed by atoms with Crippen molar-refractivity contribution in [1.29, 1.82) is 0 Å². The summed E-state index contributed by atoms with van der Waals surface area (Å²) in [5.74, 6) is 2.13. The smallest absolute Gasteiger partial charge is 0.178 e. The number of aryl methyl sites for hydroxylation is 1. The third kappa shape index (κ3) is 3.58. The lowest BCUT2D eigenvalue weighted by atomic mass is 10.2. The Balaban J connectivity index is 2.15. The van der Waals surface area contributed by atoms with Crippen LogP contribution in [0.2, 0.25) is 0 Å². The Morgan fingerprint density at radius 1 is 1.30 bits per heavy atom. The van der Waals surface area contributed by atoms with Crippen molar-refractivity contribution in [3.05, 3.63) is 23.0 Å². The van der Waals surface area contributed by atoms with Crippen molar-refractivity contribution >= 4 is 35.0 Å². The summed E-state index contributed by atoms with van der Waals surface area (Å²) in [7, 11) is 0. The highest BCUT2D eigenvalue weighted by atomic mass is 32.2. The molecule has 3 nitrogen and oxygen atoms in total. The van der Waals surface area contributed by atoms with Gasteiger partial charge in [-0.05, 0) is 56.1 Å². The number of thioether (sulfide) groups is 1. The minimum Gasteiger partial charge on any atom is -0.492 e. The fraction of sp³-hybridized carbons (Fsp3) is 0.533. The third-order valence-electron chi connectivity index (χ3n) is 3.30. The molecule has 0 saturated carbocycles. The number of aromatic nitrogens is 2. The molecule has 0 fully saturated rings. The molecule has 0 unspecified atom stereocenters. The van der Waals surface area contributed by atoms with Crippen LogP contribution in [0.1, 0.15) is 26.2 Å². The van der Waals surface area contributed by atoms with Crippen LogP contribution in [0.25, 0.3) is 11.0 Å². The summed E-state index contributed by atoms with van der Waals surface area (Å²) in [5.41, 5.74) is 2.16. The highest BCUT2D eigenvalue weighted by molar-refractivity contribution is 7.98. The fourth-order valence-corrected chi connectivity index (χ4v) is 3.13. The van der Waals surface area contributed by atoms with Gasteiger partial charge in [-0.1, -0.05) is 12.5 Å². The molecule has 20 heavy (non-hydrogen) atoms. The van der Waals surface area contributed by atoms with Gasteiger partial charge in [0.25, 0.3) is 0 Å². The molecule has 2 aromatic rings. The molecule has 0 amide bonds. The lowest BCUT2D eigenvalue weighted by Gasteiger charge is -2.06. The highest BCUT2D eigenvalue weighted by Gasteiger charge is 2.08. The topological polar surface area (TPSA) is 29.9 Å². The van der Waals surface area contributed by atoms with Crippen LogP contribution in [0.4, 0.5) is 0 Å². The van der Waals surface area contributed by atoms with Gasteiger partial charge in [0, 0.05) is 6.54 Å². The monoisotopic (exact) mass is 310 g/mol. The summed E-state index contributed by atoms with van der Waals surface area (Å²) in [5, 5.41) is 0. The Kier molecular flexibility index (Phi) is 5.98. The van der Waals surface area contributed by atoms with Crippen molar-refractivity contribution in [3.63, 3.8) is 0 Å². The van der Waals surface area contributed by atoms with Crippen LogP contribution < -0.4 is 4.74 Å². The number of aromatic amines is 1. The molecule has 0 aliphatic heterocycles. The molecule has 1 heterocycles. The second-order valence-electron chi connectivity index (χ2n) is 4.72. The van der Waals surface area contributed by atoms with Crippen molar-refractivity contribution < 1.29 is 4.74 Å². The summed E-state index contributed by atoms with van der Waals surface area (Å²) in [4.78, 5) is 3.28. The van der Waals surface area contributed by atoms with E-state index in [1.807, 2.05) is 30.8 Å². The first-order valence-corrected chi connectivity index (χ1v) is 8.91. The molecule has 0 spiro atoms. The zero-order valence-electron chi connectivity index (χ0n) is 12.1. The fourth-order valence-electron chi connectivity index (χ4n) is 2.34. The Morgan fingerprint density at radius 3 is 2.90 bits per heavy atom. The molecule has 0 saturated heterocycles. The zero-order valence-corrected chi connectivity index (χ0v) is 13.8. The number of para-hydroxylation sites is 1. The molecule has 0 aliphatic rings. The number of hydrogen-bond donors (Lipinski definition) is 1. The zero-order chi connectivity index (χ0) is 14.4. The average molecular weight is 310 g/mol. The predicted octanol–water partition coefficient (Wildman–Crippen LogP) is 4.63. The van der Waals surface area contributed by atoms with E-state index >= 15 is 0 Å². The maximum absolute atomic E-state index is 5.65. The van der Waals surface area contributed by atoms with Crippen LogP contribution in [-0.4, -0.2) is 28.2 Å². The van der Waals surface area contributed by atoms with Crippen LogP contribution in [0, 0.1) is 4.77 Å². The van der Waals surface area contributed by atoms with E-state index < -0.39 is 0 Å². The number of nitrogens with zero attached hydrogens (tertiary/aromatic N) is 1. The minimum atomic E-state index is 0.666. The summed E-state index contributed by atoms with van der Waals surface area (Å²) in [6.07, 6.45) is 5.85. The van der Waals surface area contributed by atoms with Gasteiger partial charge in [-0.3, -0.25) is 0 Å². The van der Waals surface area contributed by atoms with E-state index in [-0.39, 0.29) is 0 Å². The van der Waals surface area contributed by atoms with Gasteiger partial charge >= 0.3 is 0 Å². The standard InChI is InChI=1S/C15H22N2OS2/c1-3-18-13-9-7-8-12-14(13)16-15(19)17(12)10-5-4-6-11-20-2/h7-9H,3-6,10-11H2,1-2H3,(H,16,19). The van der Waals surface area contributed by atoms with E-state index in [4.69, 9.17) is 17.0 Å². The van der Waals surface area contributed by atoms with Gasteiger partial charge in [0.15, 0.2) is 4.77 Å². The maximum Gasteiger partial charge on any atom is 0.178 e. The number of benzene rings is 1. The number of ether oxygens (including phenoxy) is 1. The van der Waals surface area contributed by atoms with Crippen molar-refractivity contribution in [2.45, 2.75) is 32.7 Å². The molecule has 0 bridgehead atoms. The molecule has 0 radical (unpaired) electrons. The number of rotatable bonds is 8. The van der Waals surface area contributed by atoms with Crippen LogP contribution in [-0.2, 0) is 6.54 Å². The van der Waals surface area contributed by atoms with Crippen molar-refractivity contribution in [1.82, 2.24) is 9.55 Å². The van der Waals surface area contributed by atoms with E-state index in [1.54, 1.807) is 0 Å². The molecule has 0 aliphatic carbocycles. The van der Waals surface area contributed by atoms with Crippen molar-refractivity contribution in [2.24, 2.45) is 0 Å². The molecule has 5 heteroatoms. The van der Waals surface area contributed by atoms with Crippen LogP contribution in [0.3, 0.4) is 0 Å². The van der Waals surface area contributed by atoms with E-state index in [0.717, 1.165) is 28.1 Å². The lowest BCUT2D eigenvalue weighted by Crippen LogP contribution is -1.98. The Hall–Kier alpha value is -0.940. The highest BCUT2D eigenvalue weighted by Crippen LogP contribution is 2.25. The third-order valence-corrected chi connectivity index (χ3v) is 4.32. The first-order chi connectivity index (χ1) is 9.77. The first kappa shape index (κ1) is 15.4. The number of unbranched alkanes of at least 4 members (excludes halogenated alkanes) is 2. The van der Waals surface area contributed by atoms with Gasteiger partial charge in [-0.15, -0.1) is 0 Å². The van der Waals surface area contributed by atoms with E-state index in [1.165, 1.54) is 25.0 Å². The normalized spacial score (nSPS) is 11.1. The summed E-state index contributed by atoms with van der Waals surface area (Å²) < 4.78 is 8.63. The quantitative estimate of drug-likeness (QED) is 0.569. The Morgan fingerprint density at radius 2 is 2.15 bits per heavy atom. The van der Waals surface area contributed by atoms with Crippen LogP contribution >= 0.6 is 24.0 Å². The largest absolute Gasteiger partial charge is 0.492 e. The van der Waals surface area contributed by atoms with Gasteiger partial charge in [-0.2, -0.15) is 11.8 Å². The maximum atomic E-state index is 5.65. The average Bonchev–Trinajstić information content (AvgIpc) is 2.76. The van der Waals surface area contributed by atoms with E-state index in [0.29, 0.717) is 6.61 Å². The summed E-state index contributed by atoms with van der Waals surface area (Å²) in [6, 6.07) is 6.12. The Bertz CT molecular complexity index is 603. The van der Waals surface area contributed by atoms with Crippen LogP contribution in [0.15, 0.2) is 18.2 Å². The second-order valence-corrected chi connectivity index (χ2v) is 6.09. The lowest BCUT2D eigenvalue weighted by molar-refractivity contribution is 0.343. The second kappa shape index (κ2) is 7.74. The van der Waals surface area contributed by atoms with Gasteiger partial charge < -0.3 is 14.3 Å². The number of hydrogen-bond acceptors (Lipinski definition) is 3. The molecule has 0 atom stereocenters. The number of nitrogens with one attached hydrogen (secondary N) is 1. The van der Waals surface area contributed by atoms with Crippen molar-refractivity contribution in [3.8, 4) is 5.75 Å². The number of fused-ring (bicyclic) bond motifs is 1. The molecule has 1 N–H and O–H groups in total. The molecular weight excluding hydrogens is 288 g/mol. The molecule has 1 aromatic heterocycles. The first-order valence-electron chi connectivity index (χ1n) is 7.11. The molecule has 110 valence electrons. The molecule has 1 aromatic carbocycles. The van der Waals surface area contributed by atoms with Crippen molar-refractivity contribution in [2.75, 3.05) is 18.6 Å². The number of H-pyrrole nitrogens is 1. The summed E-state index contributed by atoms with van der Waals surface area (Å²) in [6.45, 7) is 3.64. The van der Waals surface area contributed by atoms with E-state index in [2.05, 4.69) is 21.9 Å². The minimum absolute atomic E-state index is 0.666. The van der Waals surface area contributed by atoms with Crippen LogP contribution in [0.5, 0.6) is 5.75 Å².